The lowest BCUT2D eigenvalue weighted by Gasteiger charge is -2.29. The van der Waals surface area contributed by atoms with Crippen LogP contribution in [0.3, 0.4) is 0 Å². The van der Waals surface area contributed by atoms with E-state index in [-0.39, 0.29) is 0 Å². The Morgan fingerprint density at radius 2 is 2.10 bits per heavy atom. The molecule has 1 heterocycles. The first kappa shape index (κ1) is 16.0. The van der Waals surface area contributed by atoms with Gasteiger partial charge in [-0.05, 0) is 5.41 Å². The molecule has 0 aliphatic carbocycles. The van der Waals surface area contributed by atoms with E-state index in [1.165, 1.54) is 4.90 Å². The number of hydrogen-bond donors (Lipinski definition) is 2. The number of carboxylic acid groups (broad SMARTS) is 1. The van der Waals surface area contributed by atoms with Crippen molar-refractivity contribution in [2.75, 3.05) is 7.05 Å². The molecule has 2 amide bonds. The molecule has 0 aliphatic heterocycles. The van der Waals surface area contributed by atoms with Crippen LogP contribution in [-0.2, 0) is 18.4 Å². The lowest BCUT2D eigenvalue weighted by atomic mass is 9.87. The van der Waals surface area contributed by atoms with Gasteiger partial charge in [-0.2, -0.15) is 0 Å². The van der Waals surface area contributed by atoms with Gasteiger partial charge in [0.25, 0.3) is 0 Å². The first-order valence-electron chi connectivity index (χ1n) is 6.33. The number of nitrogens with zero attached hydrogens (tertiary/aromatic N) is 3. The molecule has 112 valence electrons. The topological polar surface area (TPSA) is 87.5 Å². The van der Waals surface area contributed by atoms with Gasteiger partial charge in [0.2, 0.25) is 0 Å². The Hall–Kier alpha value is -2.05. The minimum Gasteiger partial charge on any atom is -0.480 e. The molecule has 0 spiro atoms. The maximum absolute atomic E-state index is 12.1. The third kappa shape index (κ3) is 3.97. The number of aliphatic carboxylic acids is 1. The molecule has 0 saturated heterocycles. The van der Waals surface area contributed by atoms with Crippen LogP contribution in [0.5, 0.6) is 0 Å². The number of aromatic nitrogens is 2. The van der Waals surface area contributed by atoms with Crippen LogP contribution in [0.4, 0.5) is 4.79 Å². The summed E-state index contributed by atoms with van der Waals surface area (Å²) >= 11 is 0. The lowest BCUT2D eigenvalue weighted by Crippen LogP contribution is -2.52. The van der Waals surface area contributed by atoms with Crippen molar-refractivity contribution in [3.63, 3.8) is 0 Å². The van der Waals surface area contributed by atoms with Crippen molar-refractivity contribution in [2.45, 2.75) is 33.4 Å². The van der Waals surface area contributed by atoms with E-state index >= 15 is 0 Å². The summed E-state index contributed by atoms with van der Waals surface area (Å²) in [6.07, 6.45) is 3.44. The second kappa shape index (κ2) is 5.94. The quantitative estimate of drug-likeness (QED) is 0.864. The van der Waals surface area contributed by atoms with E-state index in [1.807, 2.05) is 11.6 Å². The fraction of sp³-hybridized carbons (Fsp3) is 0.615. The van der Waals surface area contributed by atoms with Crippen molar-refractivity contribution >= 4 is 12.0 Å². The monoisotopic (exact) mass is 282 g/mol. The summed E-state index contributed by atoms with van der Waals surface area (Å²) in [6, 6.07) is -1.38. The molecule has 1 rings (SSSR count). The molecule has 2 N–H and O–H groups in total. The third-order valence-electron chi connectivity index (χ3n) is 3.03. The zero-order valence-electron chi connectivity index (χ0n) is 12.5. The van der Waals surface area contributed by atoms with Gasteiger partial charge in [-0.3, -0.25) is 0 Å². The minimum absolute atomic E-state index is 0.311. The van der Waals surface area contributed by atoms with E-state index < -0.39 is 23.5 Å². The van der Waals surface area contributed by atoms with Gasteiger partial charge >= 0.3 is 12.0 Å². The number of hydrogen-bond acceptors (Lipinski definition) is 3. The van der Waals surface area contributed by atoms with Crippen molar-refractivity contribution in [1.82, 2.24) is 19.8 Å². The zero-order valence-corrected chi connectivity index (χ0v) is 12.5. The van der Waals surface area contributed by atoms with Crippen LogP contribution in [0, 0.1) is 5.41 Å². The number of nitrogens with one attached hydrogen (secondary N) is 1. The Morgan fingerprint density at radius 1 is 1.50 bits per heavy atom. The van der Waals surface area contributed by atoms with E-state index in [2.05, 4.69) is 10.3 Å². The lowest BCUT2D eigenvalue weighted by molar-refractivity contribution is -0.142. The van der Waals surface area contributed by atoms with Crippen LogP contribution < -0.4 is 5.32 Å². The number of aryl methyl sites for hydroxylation is 1. The number of rotatable bonds is 4. The standard InChI is InChI=1S/C13H22N4O3/c1-13(2,3)10(11(18)19)15-12(20)17(5)8-9-14-6-7-16(9)4/h6-7,10H,8H2,1-5H3,(H,15,20)(H,18,19)/t10-/m0/s1. The summed E-state index contributed by atoms with van der Waals surface area (Å²) in [5.74, 6) is -0.318. The molecule has 1 atom stereocenters. The molecule has 0 aliphatic rings. The Kier molecular flexibility index (Phi) is 4.75. The Bertz CT molecular complexity index is 490. The van der Waals surface area contributed by atoms with Crippen molar-refractivity contribution < 1.29 is 14.7 Å². The number of carbonyl (C=O) groups excluding carboxylic acids is 1. The highest BCUT2D eigenvalue weighted by atomic mass is 16.4. The normalized spacial score (nSPS) is 12.8. The second-order valence-corrected chi connectivity index (χ2v) is 5.90. The molecule has 0 radical (unpaired) electrons. The summed E-state index contributed by atoms with van der Waals surface area (Å²) in [4.78, 5) is 28.8. The molecule has 0 fully saturated rings. The molecule has 7 nitrogen and oxygen atoms in total. The SMILES string of the molecule is CN(Cc1nccn1C)C(=O)N[C@@H](C(=O)O)C(C)(C)C. The number of amides is 2. The molecule has 20 heavy (non-hydrogen) atoms. The van der Waals surface area contributed by atoms with Crippen molar-refractivity contribution in [3.05, 3.63) is 18.2 Å². The van der Waals surface area contributed by atoms with Gasteiger partial charge in [0.1, 0.15) is 11.9 Å². The largest absolute Gasteiger partial charge is 0.480 e. The number of imidazole rings is 1. The molecule has 1 aromatic heterocycles. The Balaban J connectivity index is 2.70. The van der Waals surface area contributed by atoms with Crippen molar-refractivity contribution in [2.24, 2.45) is 12.5 Å². The molecule has 0 aromatic carbocycles. The molecule has 1 aromatic rings. The molecular weight excluding hydrogens is 260 g/mol. The van der Waals surface area contributed by atoms with E-state index in [0.29, 0.717) is 6.54 Å². The minimum atomic E-state index is -1.05. The van der Waals surface area contributed by atoms with Crippen LogP contribution >= 0.6 is 0 Å². The van der Waals surface area contributed by atoms with Gasteiger partial charge in [-0.15, -0.1) is 0 Å². The van der Waals surface area contributed by atoms with Crippen molar-refractivity contribution in [1.29, 1.82) is 0 Å². The summed E-state index contributed by atoms with van der Waals surface area (Å²) < 4.78 is 1.81. The van der Waals surface area contributed by atoms with Gasteiger partial charge in [-0.1, -0.05) is 20.8 Å². The first-order chi connectivity index (χ1) is 9.12. The van der Waals surface area contributed by atoms with Crippen LogP contribution in [-0.4, -0.2) is 44.6 Å². The number of urea groups is 1. The predicted octanol–water partition coefficient (Wildman–Crippen LogP) is 1.06. The van der Waals surface area contributed by atoms with Crippen molar-refractivity contribution in [3.8, 4) is 0 Å². The van der Waals surface area contributed by atoms with Gasteiger partial charge in [0.15, 0.2) is 0 Å². The number of carboxylic acids is 1. The van der Waals surface area contributed by atoms with Crippen LogP contribution in [0.15, 0.2) is 12.4 Å². The summed E-state index contributed by atoms with van der Waals surface area (Å²) in [5.41, 5.74) is -0.564. The summed E-state index contributed by atoms with van der Waals surface area (Å²) in [6.45, 7) is 5.62. The van der Waals surface area contributed by atoms with E-state index in [4.69, 9.17) is 0 Å². The molecule has 0 bridgehead atoms. The highest BCUT2D eigenvalue weighted by Gasteiger charge is 2.33. The molecule has 0 saturated carbocycles. The highest BCUT2D eigenvalue weighted by Crippen LogP contribution is 2.19. The highest BCUT2D eigenvalue weighted by molar-refractivity contribution is 5.83. The average molecular weight is 282 g/mol. The molecular formula is C13H22N4O3. The average Bonchev–Trinajstić information content (AvgIpc) is 2.69. The Morgan fingerprint density at radius 3 is 2.50 bits per heavy atom. The van der Waals surface area contributed by atoms with Crippen LogP contribution in [0.2, 0.25) is 0 Å². The molecule has 0 unspecified atom stereocenters. The summed E-state index contributed by atoms with van der Waals surface area (Å²) in [7, 11) is 3.44. The van der Waals surface area contributed by atoms with Gasteiger partial charge in [0, 0.05) is 26.5 Å². The van der Waals surface area contributed by atoms with Gasteiger partial charge in [0.05, 0.1) is 6.54 Å². The fourth-order valence-electron chi connectivity index (χ4n) is 1.72. The summed E-state index contributed by atoms with van der Waals surface area (Å²) in [5, 5.41) is 11.7. The Labute approximate surface area is 118 Å². The maximum Gasteiger partial charge on any atom is 0.326 e. The van der Waals surface area contributed by atoms with E-state index in [9.17, 15) is 14.7 Å². The maximum atomic E-state index is 12.1. The fourth-order valence-corrected chi connectivity index (χ4v) is 1.72. The smallest absolute Gasteiger partial charge is 0.326 e. The second-order valence-electron chi connectivity index (χ2n) is 5.90. The zero-order chi connectivity index (χ0) is 15.5. The van der Waals surface area contributed by atoms with Gasteiger partial charge < -0.3 is 19.9 Å². The third-order valence-corrected chi connectivity index (χ3v) is 3.03. The van der Waals surface area contributed by atoms with Gasteiger partial charge in [-0.25, -0.2) is 14.6 Å². The number of carbonyl (C=O) groups is 2. The van der Waals surface area contributed by atoms with E-state index in [0.717, 1.165) is 5.82 Å². The predicted molar refractivity (Wildman–Crippen MR) is 74.1 cm³/mol. The first-order valence-corrected chi connectivity index (χ1v) is 6.33. The van der Waals surface area contributed by atoms with Crippen LogP contribution in [0.25, 0.3) is 0 Å². The van der Waals surface area contributed by atoms with Crippen LogP contribution in [0.1, 0.15) is 26.6 Å². The molecule has 7 heteroatoms. The van der Waals surface area contributed by atoms with E-state index in [1.54, 1.807) is 40.2 Å².